The number of aromatic nitrogens is 2. The zero-order chi connectivity index (χ0) is 33.1. The third kappa shape index (κ3) is 7.01. The molecule has 1 atom stereocenters. The number of anilines is 1. The number of carbonyl (C=O) groups is 2. The third-order valence-electron chi connectivity index (χ3n) is 7.48. The van der Waals surface area contributed by atoms with E-state index in [9.17, 15) is 14.7 Å². The summed E-state index contributed by atoms with van der Waals surface area (Å²) in [5.74, 6) is -0.606. The van der Waals surface area contributed by atoms with Crippen LogP contribution in [0.1, 0.15) is 33.9 Å². The second kappa shape index (κ2) is 14.2. The molecule has 1 amide bonds. The van der Waals surface area contributed by atoms with Crippen LogP contribution in [-0.2, 0) is 21.9 Å². The minimum Gasteiger partial charge on any atom is -0.507 e. The Labute approximate surface area is 289 Å². The normalized spacial score (nSPS) is 15.7. The second-order valence-electron chi connectivity index (χ2n) is 10.6. The van der Waals surface area contributed by atoms with E-state index in [2.05, 4.69) is 10.2 Å². The zero-order valence-electron chi connectivity index (χ0n) is 25.1. The maximum Gasteiger partial charge on any atom is 0.301 e. The SMILES string of the molecule is COc1cc(C2/C(=C(/O)c3ccc(C)cc3)C(=O)C(=O)N2c2nnc(SCc3ccc(Cl)cc3Cl)s2)ccc1OCc1ccccc1. The summed E-state index contributed by atoms with van der Waals surface area (Å²) < 4.78 is 12.3. The van der Waals surface area contributed by atoms with Gasteiger partial charge in [0.1, 0.15) is 12.4 Å². The van der Waals surface area contributed by atoms with E-state index in [0.29, 0.717) is 49.4 Å². The predicted octanol–water partition coefficient (Wildman–Crippen LogP) is 8.66. The maximum atomic E-state index is 13.7. The van der Waals surface area contributed by atoms with E-state index in [-0.39, 0.29) is 16.5 Å². The molecule has 1 fully saturated rings. The van der Waals surface area contributed by atoms with Gasteiger partial charge in [0.25, 0.3) is 5.78 Å². The van der Waals surface area contributed by atoms with Gasteiger partial charge in [-0.25, -0.2) is 0 Å². The van der Waals surface area contributed by atoms with Crippen molar-refractivity contribution in [3.63, 3.8) is 0 Å². The van der Waals surface area contributed by atoms with Crippen LogP contribution in [0.15, 0.2) is 101 Å². The number of rotatable bonds is 10. The fourth-order valence-electron chi connectivity index (χ4n) is 5.06. The zero-order valence-corrected chi connectivity index (χ0v) is 28.3. The Kier molecular flexibility index (Phi) is 9.84. The molecule has 12 heteroatoms. The molecule has 6 rings (SSSR count). The lowest BCUT2D eigenvalue weighted by molar-refractivity contribution is -0.132. The molecule has 0 bridgehead atoms. The number of nitrogens with zero attached hydrogens (tertiary/aromatic N) is 3. The number of Topliss-reactive ketones (excluding diaryl/α,β-unsaturated/α-hetero) is 1. The summed E-state index contributed by atoms with van der Waals surface area (Å²) in [5, 5.41) is 21.4. The maximum absolute atomic E-state index is 13.7. The van der Waals surface area contributed by atoms with Crippen LogP contribution in [0, 0.1) is 6.92 Å². The summed E-state index contributed by atoms with van der Waals surface area (Å²) in [5.41, 5.74) is 3.66. The van der Waals surface area contributed by atoms with E-state index in [0.717, 1.165) is 28.0 Å². The van der Waals surface area contributed by atoms with Crippen LogP contribution in [0.2, 0.25) is 10.0 Å². The Balaban J connectivity index is 1.37. The summed E-state index contributed by atoms with van der Waals surface area (Å²) in [6.07, 6.45) is 0. The van der Waals surface area contributed by atoms with E-state index in [4.69, 9.17) is 32.7 Å². The molecule has 2 heterocycles. The van der Waals surface area contributed by atoms with Crippen LogP contribution >= 0.6 is 46.3 Å². The number of halogens is 2. The minimum absolute atomic E-state index is 0.0730. The first kappa shape index (κ1) is 32.6. The summed E-state index contributed by atoms with van der Waals surface area (Å²) in [6, 6.07) is 26.2. The van der Waals surface area contributed by atoms with Gasteiger partial charge in [0.05, 0.1) is 18.7 Å². The van der Waals surface area contributed by atoms with Gasteiger partial charge in [0.2, 0.25) is 5.13 Å². The van der Waals surface area contributed by atoms with Crippen LogP contribution in [0.5, 0.6) is 11.5 Å². The molecule has 1 saturated heterocycles. The van der Waals surface area contributed by atoms with Crippen LogP contribution in [0.25, 0.3) is 5.76 Å². The van der Waals surface area contributed by atoms with Gasteiger partial charge in [-0.2, -0.15) is 0 Å². The van der Waals surface area contributed by atoms with Gasteiger partial charge < -0.3 is 14.6 Å². The Bertz CT molecular complexity index is 1980. The Morgan fingerprint density at radius 2 is 1.72 bits per heavy atom. The van der Waals surface area contributed by atoms with Crippen molar-refractivity contribution in [2.75, 3.05) is 12.0 Å². The van der Waals surface area contributed by atoms with Crippen molar-refractivity contribution in [2.24, 2.45) is 0 Å². The van der Waals surface area contributed by atoms with Crippen molar-refractivity contribution in [3.05, 3.63) is 134 Å². The fourth-order valence-corrected chi connectivity index (χ4v) is 7.48. The molecule has 47 heavy (non-hydrogen) atoms. The molecule has 4 aromatic carbocycles. The monoisotopic (exact) mass is 703 g/mol. The van der Waals surface area contributed by atoms with Crippen molar-refractivity contribution in [2.45, 2.75) is 29.7 Å². The largest absolute Gasteiger partial charge is 0.507 e. The summed E-state index contributed by atoms with van der Waals surface area (Å²) in [4.78, 5) is 28.7. The third-order valence-corrected chi connectivity index (χ3v) is 10.2. The van der Waals surface area contributed by atoms with Gasteiger partial charge in [0.15, 0.2) is 15.8 Å². The van der Waals surface area contributed by atoms with Crippen LogP contribution in [-0.4, -0.2) is 34.1 Å². The van der Waals surface area contributed by atoms with Gasteiger partial charge in [-0.05, 0) is 47.9 Å². The topological polar surface area (TPSA) is 102 Å². The lowest BCUT2D eigenvalue weighted by Gasteiger charge is -2.23. The number of carbonyl (C=O) groups excluding carboxylic acids is 2. The van der Waals surface area contributed by atoms with Gasteiger partial charge >= 0.3 is 5.91 Å². The molecule has 1 aliphatic rings. The van der Waals surface area contributed by atoms with E-state index < -0.39 is 17.7 Å². The molecule has 0 spiro atoms. The standard InChI is InChI=1S/C35H27Cl2N3O5S2/c1-20-8-10-22(11-9-20)31(41)29-30(23-13-15-27(28(16-23)44-2)45-18-21-6-4-3-5-7-21)40(33(43)32(29)42)34-38-39-35(47-34)46-19-24-12-14-25(36)17-26(24)37/h3-17,30,41H,18-19H2,1-2H3/b31-29-. The number of methoxy groups -OCH3 is 1. The molecule has 1 unspecified atom stereocenters. The highest BCUT2D eigenvalue weighted by Gasteiger charge is 2.48. The number of hydrogen-bond donors (Lipinski definition) is 1. The number of aryl methyl sites for hydroxylation is 1. The van der Waals surface area contributed by atoms with E-state index >= 15 is 0 Å². The number of benzene rings is 4. The smallest absolute Gasteiger partial charge is 0.301 e. The summed E-state index contributed by atoms with van der Waals surface area (Å²) in [7, 11) is 1.51. The van der Waals surface area contributed by atoms with Crippen molar-refractivity contribution in [1.29, 1.82) is 0 Å². The molecule has 1 N–H and O–H groups in total. The first-order valence-corrected chi connectivity index (χ1v) is 16.9. The molecule has 0 radical (unpaired) electrons. The molecule has 8 nitrogen and oxygen atoms in total. The molecule has 1 aliphatic heterocycles. The number of ketones is 1. The Morgan fingerprint density at radius 3 is 2.45 bits per heavy atom. The van der Waals surface area contributed by atoms with Crippen LogP contribution < -0.4 is 14.4 Å². The molecule has 238 valence electrons. The number of aliphatic hydroxyl groups is 1. The van der Waals surface area contributed by atoms with E-state index in [1.54, 1.807) is 42.5 Å². The average molecular weight is 705 g/mol. The quantitative estimate of drug-likeness (QED) is 0.0507. The number of thioether (sulfide) groups is 1. The van der Waals surface area contributed by atoms with Gasteiger partial charge in [0, 0.05) is 21.4 Å². The summed E-state index contributed by atoms with van der Waals surface area (Å²) >= 11 is 14.9. The highest BCUT2D eigenvalue weighted by atomic mass is 35.5. The van der Waals surface area contributed by atoms with Crippen molar-refractivity contribution in [3.8, 4) is 11.5 Å². The van der Waals surface area contributed by atoms with E-state index in [1.807, 2.05) is 55.5 Å². The molecule has 5 aromatic rings. The van der Waals surface area contributed by atoms with E-state index in [1.165, 1.54) is 23.8 Å². The van der Waals surface area contributed by atoms with Crippen molar-refractivity contribution in [1.82, 2.24) is 10.2 Å². The first-order chi connectivity index (χ1) is 22.7. The highest BCUT2D eigenvalue weighted by Crippen LogP contribution is 2.46. The first-order valence-electron chi connectivity index (χ1n) is 14.4. The van der Waals surface area contributed by atoms with Crippen molar-refractivity contribution < 1.29 is 24.2 Å². The molecule has 1 aromatic heterocycles. The lowest BCUT2D eigenvalue weighted by atomic mass is 9.95. The van der Waals surface area contributed by atoms with Gasteiger partial charge in [-0.3, -0.25) is 14.5 Å². The second-order valence-corrected chi connectivity index (χ2v) is 13.6. The molecular formula is C35H27Cl2N3O5S2. The Hall–Kier alpha value is -4.35. The predicted molar refractivity (Wildman–Crippen MR) is 186 cm³/mol. The number of ether oxygens (including phenoxy) is 2. The number of aliphatic hydroxyl groups excluding tert-OH is 1. The lowest BCUT2D eigenvalue weighted by Crippen LogP contribution is -2.29. The number of amides is 1. The van der Waals surface area contributed by atoms with Crippen LogP contribution in [0.3, 0.4) is 0 Å². The van der Waals surface area contributed by atoms with Crippen LogP contribution in [0.4, 0.5) is 5.13 Å². The average Bonchev–Trinajstić information content (AvgIpc) is 3.65. The highest BCUT2D eigenvalue weighted by molar-refractivity contribution is 8.00. The van der Waals surface area contributed by atoms with Crippen molar-refractivity contribution >= 4 is 68.9 Å². The van der Waals surface area contributed by atoms with Gasteiger partial charge in [-0.15, -0.1) is 10.2 Å². The molecular weight excluding hydrogens is 677 g/mol. The van der Waals surface area contributed by atoms with Gasteiger partial charge in [-0.1, -0.05) is 119 Å². The molecule has 0 saturated carbocycles. The Morgan fingerprint density at radius 1 is 0.957 bits per heavy atom. The minimum atomic E-state index is -1.02. The number of hydrogen-bond acceptors (Lipinski definition) is 9. The molecule has 0 aliphatic carbocycles. The fraction of sp³-hybridized carbons (Fsp3) is 0.143. The summed E-state index contributed by atoms with van der Waals surface area (Å²) in [6.45, 7) is 2.23.